The Balaban J connectivity index is 1.28. The summed E-state index contributed by atoms with van der Waals surface area (Å²) in [5.74, 6) is 1.17. The summed E-state index contributed by atoms with van der Waals surface area (Å²) in [4.78, 5) is 25.8. The van der Waals surface area contributed by atoms with Gasteiger partial charge < -0.3 is 20.5 Å². The average molecular weight is 538 g/mol. The molecule has 1 atom stereocenters. The molecule has 0 amide bonds. The largest absolute Gasteiger partial charge is 0.474 e. The number of sulfone groups is 1. The number of nitrogens with zero attached hydrogens (tertiary/aromatic N) is 3. The molecular weight excluding hydrogens is 506 g/mol. The Morgan fingerprint density at radius 1 is 1.08 bits per heavy atom. The SMILES string of the molecule is C[C@H]1COC(=O)c2ccc(Nc3cc4c(C(C)(C)N)cnc(OC5CC(S(=O)(=O)C6CC6)C5)c4cn3)nc21. The van der Waals surface area contributed by atoms with Crippen molar-refractivity contribution in [2.75, 3.05) is 11.9 Å². The minimum atomic E-state index is -3.04. The molecule has 2 aliphatic carbocycles. The Morgan fingerprint density at radius 2 is 1.84 bits per heavy atom. The molecule has 3 N–H and O–H groups in total. The van der Waals surface area contributed by atoms with E-state index in [0.717, 1.165) is 23.8 Å². The van der Waals surface area contributed by atoms with E-state index >= 15 is 0 Å². The summed E-state index contributed by atoms with van der Waals surface area (Å²) in [6.45, 7) is 6.08. The maximum Gasteiger partial charge on any atom is 0.340 e. The Kier molecular flexibility index (Phi) is 5.84. The first-order chi connectivity index (χ1) is 18.0. The molecule has 11 heteroatoms. The average Bonchev–Trinajstić information content (AvgIpc) is 3.69. The maximum atomic E-state index is 12.5. The van der Waals surface area contributed by atoms with Crippen molar-refractivity contribution in [3.63, 3.8) is 0 Å². The molecule has 0 spiro atoms. The zero-order valence-corrected chi connectivity index (χ0v) is 22.4. The molecule has 38 heavy (non-hydrogen) atoms. The second-order valence-electron chi connectivity index (χ2n) is 11.2. The highest BCUT2D eigenvalue weighted by Crippen LogP contribution is 2.41. The maximum absolute atomic E-state index is 12.5. The Labute approximate surface area is 221 Å². The number of esters is 1. The van der Waals surface area contributed by atoms with Crippen LogP contribution >= 0.6 is 0 Å². The molecule has 4 heterocycles. The van der Waals surface area contributed by atoms with Crippen molar-refractivity contribution in [3.8, 4) is 5.88 Å². The van der Waals surface area contributed by atoms with E-state index < -0.39 is 15.4 Å². The van der Waals surface area contributed by atoms with Crippen molar-refractivity contribution in [2.24, 2.45) is 5.73 Å². The van der Waals surface area contributed by atoms with E-state index in [1.54, 1.807) is 24.5 Å². The first kappa shape index (κ1) is 25.0. The van der Waals surface area contributed by atoms with Gasteiger partial charge in [-0.15, -0.1) is 0 Å². The van der Waals surface area contributed by atoms with Crippen LogP contribution in [-0.2, 0) is 20.1 Å². The second kappa shape index (κ2) is 8.88. The number of nitrogens with two attached hydrogens (primary N) is 1. The molecule has 0 bridgehead atoms. The fraction of sp³-hybridized carbons (Fsp3) is 0.481. The number of pyridine rings is 3. The van der Waals surface area contributed by atoms with Crippen molar-refractivity contribution in [3.05, 3.63) is 47.4 Å². The van der Waals surface area contributed by atoms with Gasteiger partial charge in [0.05, 0.1) is 33.8 Å². The number of ether oxygens (including phenoxy) is 2. The second-order valence-corrected chi connectivity index (χ2v) is 13.7. The number of rotatable bonds is 7. The van der Waals surface area contributed by atoms with Crippen molar-refractivity contribution in [1.82, 2.24) is 15.0 Å². The third-order valence-electron chi connectivity index (χ3n) is 7.55. The first-order valence-electron chi connectivity index (χ1n) is 12.9. The number of carbonyl (C=O) groups is 1. The molecule has 6 rings (SSSR count). The fourth-order valence-electron chi connectivity index (χ4n) is 5.08. The lowest BCUT2D eigenvalue weighted by Crippen LogP contribution is -2.44. The number of anilines is 2. The number of hydrogen-bond donors (Lipinski definition) is 2. The minimum absolute atomic E-state index is 0.00481. The normalized spacial score (nSPS) is 23.4. The van der Waals surface area contributed by atoms with E-state index in [1.807, 2.05) is 26.8 Å². The van der Waals surface area contributed by atoms with Crippen LogP contribution in [0.1, 0.15) is 74.0 Å². The lowest BCUT2D eigenvalue weighted by atomic mass is 9.92. The molecule has 2 fully saturated rings. The van der Waals surface area contributed by atoms with Gasteiger partial charge in [-0.25, -0.2) is 28.2 Å². The number of cyclic esters (lactones) is 1. The van der Waals surface area contributed by atoms with Crippen LogP contribution in [0.2, 0.25) is 0 Å². The molecule has 3 aromatic rings. The highest BCUT2D eigenvalue weighted by atomic mass is 32.2. The minimum Gasteiger partial charge on any atom is -0.474 e. The molecule has 10 nitrogen and oxygen atoms in total. The van der Waals surface area contributed by atoms with Gasteiger partial charge in [-0.05, 0) is 55.8 Å². The summed E-state index contributed by atoms with van der Waals surface area (Å²) in [5.41, 5.74) is 7.79. The Hall–Kier alpha value is -3.31. The predicted molar refractivity (Wildman–Crippen MR) is 142 cm³/mol. The van der Waals surface area contributed by atoms with Crippen LogP contribution in [0.5, 0.6) is 5.88 Å². The zero-order valence-electron chi connectivity index (χ0n) is 21.6. The van der Waals surface area contributed by atoms with E-state index in [0.29, 0.717) is 53.6 Å². The number of nitrogens with one attached hydrogen (secondary N) is 1. The molecule has 0 radical (unpaired) electrons. The first-order valence-corrected chi connectivity index (χ1v) is 14.5. The molecule has 0 saturated heterocycles. The van der Waals surface area contributed by atoms with Gasteiger partial charge in [0.15, 0.2) is 9.84 Å². The van der Waals surface area contributed by atoms with Crippen LogP contribution in [0.25, 0.3) is 10.8 Å². The standard InChI is InChI=1S/C27H31N5O5S/c1-14-13-36-26(33)18-6-7-22(32-24(14)18)31-23-10-19-20(11-29-23)25(30-12-21(19)27(2,3)28)37-15-8-17(9-15)38(34,35)16-4-5-16/h6-7,10-12,14-17H,4-5,8-9,13,28H2,1-3H3,(H,29,31,32)/t14-,15?,17?/m0/s1. The smallest absolute Gasteiger partial charge is 0.340 e. The Morgan fingerprint density at radius 3 is 2.55 bits per heavy atom. The van der Waals surface area contributed by atoms with Gasteiger partial charge in [-0.2, -0.15) is 0 Å². The van der Waals surface area contributed by atoms with Crippen molar-refractivity contribution < 1.29 is 22.7 Å². The van der Waals surface area contributed by atoms with Crippen molar-refractivity contribution in [1.29, 1.82) is 0 Å². The zero-order chi connectivity index (χ0) is 26.8. The van der Waals surface area contributed by atoms with E-state index in [-0.39, 0.29) is 28.5 Å². The number of aromatic nitrogens is 3. The van der Waals surface area contributed by atoms with Crippen molar-refractivity contribution >= 4 is 38.2 Å². The van der Waals surface area contributed by atoms with E-state index in [1.165, 1.54) is 0 Å². The van der Waals surface area contributed by atoms with Gasteiger partial charge in [0, 0.05) is 36.7 Å². The van der Waals surface area contributed by atoms with E-state index in [2.05, 4.69) is 20.3 Å². The van der Waals surface area contributed by atoms with Crippen LogP contribution in [0.3, 0.4) is 0 Å². The summed E-state index contributed by atoms with van der Waals surface area (Å²) in [6.07, 6.45) is 5.72. The molecule has 1 aliphatic heterocycles. The van der Waals surface area contributed by atoms with Crippen molar-refractivity contribution in [2.45, 2.75) is 74.5 Å². The van der Waals surface area contributed by atoms with Gasteiger partial charge >= 0.3 is 5.97 Å². The van der Waals surface area contributed by atoms with Crippen LogP contribution < -0.4 is 15.8 Å². The van der Waals surface area contributed by atoms with Gasteiger partial charge in [0.2, 0.25) is 5.88 Å². The van der Waals surface area contributed by atoms with Crippen LogP contribution in [0.15, 0.2) is 30.6 Å². The molecule has 200 valence electrons. The van der Waals surface area contributed by atoms with Gasteiger partial charge in [0.25, 0.3) is 0 Å². The predicted octanol–water partition coefficient (Wildman–Crippen LogP) is 3.72. The highest BCUT2D eigenvalue weighted by Gasteiger charge is 2.47. The molecule has 0 aromatic carbocycles. The van der Waals surface area contributed by atoms with E-state index in [4.69, 9.17) is 15.2 Å². The molecule has 0 unspecified atom stereocenters. The quantitative estimate of drug-likeness (QED) is 0.427. The summed E-state index contributed by atoms with van der Waals surface area (Å²) in [5, 5.41) is 4.29. The van der Waals surface area contributed by atoms with Crippen LogP contribution in [0.4, 0.5) is 11.6 Å². The molecule has 3 aliphatic rings. The molecular formula is C27H31N5O5S. The van der Waals surface area contributed by atoms with E-state index in [9.17, 15) is 13.2 Å². The number of fused-ring (bicyclic) bond motifs is 2. The summed E-state index contributed by atoms with van der Waals surface area (Å²) in [7, 11) is -3.04. The topological polar surface area (TPSA) is 146 Å². The van der Waals surface area contributed by atoms with Crippen LogP contribution in [0, 0.1) is 0 Å². The summed E-state index contributed by atoms with van der Waals surface area (Å²) in [6, 6.07) is 5.32. The van der Waals surface area contributed by atoms with Gasteiger partial charge in [0.1, 0.15) is 17.7 Å². The lowest BCUT2D eigenvalue weighted by molar-refractivity contribution is 0.0445. The molecule has 2 saturated carbocycles. The number of carbonyl (C=O) groups excluding carboxylic acids is 1. The Bertz CT molecular complexity index is 1540. The fourth-order valence-corrected chi connectivity index (χ4v) is 7.38. The van der Waals surface area contributed by atoms with Crippen LogP contribution in [-0.4, -0.2) is 52.5 Å². The summed E-state index contributed by atoms with van der Waals surface area (Å²) >= 11 is 0. The summed E-state index contributed by atoms with van der Waals surface area (Å²) < 4.78 is 36.4. The van der Waals surface area contributed by atoms with Gasteiger partial charge in [-0.3, -0.25) is 0 Å². The highest BCUT2D eigenvalue weighted by molar-refractivity contribution is 7.93. The lowest BCUT2D eigenvalue weighted by Gasteiger charge is -2.35. The van der Waals surface area contributed by atoms with Gasteiger partial charge in [-0.1, -0.05) is 6.92 Å². The third kappa shape index (κ3) is 4.47. The monoisotopic (exact) mass is 537 g/mol. The third-order valence-corrected chi connectivity index (χ3v) is 10.3. The number of hydrogen-bond acceptors (Lipinski definition) is 10. The molecule has 3 aromatic heterocycles.